The molecule has 2 rings (SSSR count). The summed E-state index contributed by atoms with van der Waals surface area (Å²) in [4.78, 5) is 0.391. The zero-order valence-corrected chi connectivity index (χ0v) is 13.5. The summed E-state index contributed by atoms with van der Waals surface area (Å²) in [6, 6.07) is 7.31. The second kappa shape index (κ2) is 7.27. The molecule has 0 heterocycles. The smallest absolute Gasteiger partial charge is 0.180 e. The lowest BCUT2D eigenvalue weighted by atomic mass is 9.84. The predicted molar refractivity (Wildman–Crippen MR) is 87.2 cm³/mol. The van der Waals surface area contributed by atoms with Crippen LogP contribution in [0.25, 0.3) is 0 Å². The highest BCUT2D eigenvalue weighted by Gasteiger charge is 2.24. The Kier molecular flexibility index (Phi) is 5.65. The largest absolute Gasteiger partial charge is 0.380 e. The minimum Gasteiger partial charge on any atom is -0.380 e. The van der Waals surface area contributed by atoms with E-state index >= 15 is 0 Å². The van der Waals surface area contributed by atoms with Gasteiger partial charge in [-0.15, -0.1) is 0 Å². The fourth-order valence-electron chi connectivity index (χ4n) is 3.12. The maximum Gasteiger partial charge on any atom is 0.180 e. The molecule has 1 aromatic rings. The van der Waals surface area contributed by atoms with Gasteiger partial charge in [-0.05, 0) is 30.9 Å². The van der Waals surface area contributed by atoms with Gasteiger partial charge in [-0.25, -0.2) is 8.42 Å². The molecule has 0 bridgehead atoms. The van der Waals surface area contributed by atoms with E-state index in [2.05, 4.69) is 5.32 Å². The van der Waals surface area contributed by atoms with Crippen LogP contribution in [-0.4, -0.2) is 26.8 Å². The van der Waals surface area contributed by atoms with Crippen molar-refractivity contribution in [3.05, 3.63) is 24.3 Å². The number of nitrogens with one attached hydrogen (secondary N) is 1. The van der Waals surface area contributed by atoms with E-state index in [-0.39, 0.29) is 11.8 Å². The molecule has 0 spiro atoms. The molecule has 1 aromatic carbocycles. The van der Waals surface area contributed by atoms with Crippen molar-refractivity contribution in [2.24, 2.45) is 11.7 Å². The van der Waals surface area contributed by atoms with Crippen LogP contribution in [0.3, 0.4) is 0 Å². The molecule has 1 fully saturated rings. The first-order chi connectivity index (χ1) is 10.1. The first-order valence-corrected chi connectivity index (χ1v) is 9.52. The fraction of sp³-hybridized carbons (Fsp3) is 0.625. The van der Waals surface area contributed by atoms with Crippen LogP contribution in [0.5, 0.6) is 0 Å². The van der Waals surface area contributed by atoms with Gasteiger partial charge >= 0.3 is 0 Å². The number of nitrogens with two attached hydrogens (primary N) is 1. The van der Waals surface area contributed by atoms with Gasteiger partial charge in [0.1, 0.15) is 0 Å². The Labute approximate surface area is 128 Å². The Bertz CT molecular complexity index is 551. The molecular weight excluding hydrogens is 284 g/mol. The topological polar surface area (TPSA) is 72.2 Å². The van der Waals surface area contributed by atoms with E-state index < -0.39 is 9.84 Å². The molecule has 5 heteroatoms. The molecular formula is C16H26N2O2S. The van der Waals surface area contributed by atoms with E-state index in [9.17, 15) is 8.42 Å². The Morgan fingerprint density at radius 1 is 1.24 bits per heavy atom. The van der Waals surface area contributed by atoms with Gasteiger partial charge in [0, 0.05) is 12.6 Å². The molecule has 3 N–H and O–H groups in total. The van der Waals surface area contributed by atoms with E-state index in [1.807, 2.05) is 12.1 Å². The Morgan fingerprint density at radius 2 is 1.90 bits per heavy atom. The molecule has 1 unspecified atom stereocenters. The molecule has 118 valence electrons. The van der Waals surface area contributed by atoms with Crippen molar-refractivity contribution in [1.82, 2.24) is 0 Å². The molecule has 1 atom stereocenters. The van der Waals surface area contributed by atoms with Crippen LogP contribution in [0.15, 0.2) is 29.2 Å². The summed E-state index contributed by atoms with van der Waals surface area (Å²) in [7, 11) is -3.22. The maximum absolute atomic E-state index is 12.2. The molecule has 1 aliphatic carbocycles. The zero-order chi connectivity index (χ0) is 15.3. The fourth-order valence-corrected chi connectivity index (χ4v) is 4.18. The van der Waals surface area contributed by atoms with E-state index in [0.717, 1.165) is 0 Å². The van der Waals surface area contributed by atoms with Crippen LogP contribution in [0, 0.1) is 5.92 Å². The van der Waals surface area contributed by atoms with E-state index in [1.165, 1.54) is 32.1 Å². The van der Waals surface area contributed by atoms with Crippen molar-refractivity contribution in [3.8, 4) is 0 Å². The standard InChI is InChI=1S/C16H26N2O2S/c1-2-21(19,20)16-11-7-6-10-14(16)18-15(12-17)13-8-4-3-5-9-13/h6-7,10-11,13,15,18H,2-5,8-9,12,17H2,1H3. The van der Waals surface area contributed by atoms with Crippen molar-refractivity contribution in [3.63, 3.8) is 0 Å². The predicted octanol–water partition coefficient (Wildman–Crippen LogP) is 2.80. The average molecular weight is 310 g/mol. The van der Waals surface area contributed by atoms with Crippen LogP contribution in [0.4, 0.5) is 5.69 Å². The third kappa shape index (κ3) is 3.98. The SMILES string of the molecule is CCS(=O)(=O)c1ccccc1NC(CN)C1CCCCC1. The highest BCUT2D eigenvalue weighted by atomic mass is 32.2. The normalized spacial score (nSPS) is 18.4. The Hall–Kier alpha value is -1.07. The van der Waals surface area contributed by atoms with Crippen molar-refractivity contribution >= 4 is 15.5 Å². The van der Waals surface area contributed by atoms with E-state index in [4.69, 9.17) is 5.73 Å². The summed E-state index contributed by atoms with van der Waals surface area (Å²) in [5.41, 5.74) is 6.63. The lowest BCUT2D eigenvalue weighted by Crippen LogP contribution is -2.37. The van der Waals surface area contributed by atoms with Gasteiger partial charge in [-0.1, -0.05) is 38.3 Å². The van der Waals surface area contributed by atoms with Gasteiger partial charge in [0.05, 0.1) is 16.3 Å². The van der Waals surface area contributed by atoms with Gasteiger partial charge in [0.15, 0.2) is 9.84 Å². The van der Waals surface area contributed by atoms with Crippen LogP contribution in [-0.2, 0) is 9.84 Å². The summed E-state index contributed by atoms with van der Waals surface area (Å²) in [6.45, 7) is 2.21. The number of sulfone groups is 1. The highest BCUT2D eigenvalue weighted by molar-refractivity contribution is 7.91. The van der Waals surface area contributed by atoms with Crippen LogP contribution >= 0.6 is 0 Å². The monoisotopic (exact) mass is 310 g/mol. The molecule has 0 amide bonds. The minimum atomic E-state index is -3.22. The molecule has 21 heavy (non-hydrogen) atoms. The number of para-hydroxylation sites is 1. The van der Waals surface area contributed by atoms with Gasteiger partial charge in [-0.3, -0.25) is 0 Å². The maximum atomic E-state index is 12.2. The number of rotatable bonds is 6. The van der Waals surface area contributed by atoms with E-state index in [0.29, 0.717) is 23.0 Å². The molecule has 0 aliphatic heterocycles. The molecule has 0 aromatic heterocycles. The van der Waals surface area contributed by atoms with Gasteiger partial charge < -0.3 is 11.1 Å². The van der Waals surface area contributed by atoms with Crippen LogP contribution < -0.4 is 11.1 Å². The second-order valence-corrected chi connectivity index (χ2v) is 8.03. The van der Waals surface area contributed by atoms with Crippen molar-refractivity contribution < 1.29 is 8.42 Å². The summed E-state index contributed by atoms with van der Waals surface area (Å²) in [5, 5.41) is 3.40. The molecule has 0 saturated heterocycles. The third-order valence-electron chi connectivity index (χ3n) is 4.42. The summed E-state index contributed by atoms with van der Waals surface area (Å²) in [6.07, 6.45) is 6.15. The van der Waals surface area contributed by atoms with Crippen LogP contribution in [0.2, 0.25) is 0 Å². The van der Waals surface area contributed by atoms with Gasteiger partial charge in [0.25, 0.3) is 0 Å². The lowest BCUT2D eigenvalue weighted by molar-refractivity contribution is 0.320. The molecule has 1 aliphatic rings. The van der Waals surface area contributed by atoms with Crippen molar-refractivity contribution in [1.29, 1.82) is 0 Å². The number of hydrogen-bond acceptors (Lipinski definition) is 4. The van der Waals surface area contributed by atoms with Crippen molar-refractivity contribution in [2.45, 2.75) is 50.0 Å². The van der Waals surface area contributed by atoms with Gasteiger partial charge in [0.2, 0.25) is 0 Å². The first-order valence-electron chi connectivity index (χ1n) is 7.87. The first kappa shape index (κ1) is 16.3. The highest BCUT2D eigenvalue weighted by Crippen LogP contribution is 2.30. The van der Waals surface area contributed by atoms with E-state index in [1.54, 1.807) is 19.1 Å². The van der Waals surface area contributed by atoms with Gasteiger partial charge in [-0.2, -0.15) is 0 Å². The molecule has 4 nitrogen and oxygen atoms in total. The zero-order valence-electron chi connectivity index (χ0n) is 12.7. The minimum absolute atomic E-state index is 0.114. The quantitative estimate of drug-likeness (QED) is 0.847. The summed E-state index contributed by atoms with van der Waals surface area (Å²) in [5.74, 6) is 0.656. The molecule has 1 saturated carbocycles. The Balaban J connectivity index is 2.21. The Morgan fingerprint density at radius 3 is 2.52 bits per heavy atom. The summed E-state index contributed by atoms with van der Waals surface area (Å²) >= 11 is 0. The van der Waals surface area contributed by atoms with Crippen molar-refractivity contribution in [2.75, 3.05) is 17.6 Å². The number of benzene rings is 1. The van der Waals surface area contributed by atoms with Crippen LogP contribution in [0.1, 0.15) is 39.0 Å². The lowest BCUT2D eigenvalue weighted by Gasteiger charge is -2.31. The third-order valence-corrected chi connectivity index (χ3v) is 6.20. The molecule has 0 radical (unpaired) electrons. The summed E-state index contributed by atoms with van der Waals surface area (Å²) < 4.78 is 24.4. The second-order valence-electron chi connectivity index (χ2n) is 5.78. The average Bonchev–Trinajstić information content (AvgIpc) is 2.53. The number of hydrogen-bond donors (Lipinski definition) is 2. The number of anilines is 1.